The van der Waals surface area contributed by atoms with Gasteiger partial charge in [0, 0.05) is 5.02 Å². The number of ether oxygens (including phenoxy) is 3. The van der Waals surface area contributed by atoms with Crippen molar-refractivity contribution in [3.8, 4) is 11.5 Å². The minimum Gasteiger partial charge on any atom is -0.463 e. The second-order valence-corrected chi connectivity index (χ2v) is 9.26. The van der Waals surface area contributed by atoms with Crippen LogP contribution in [0.25, 0.3) is 6.08 Å². The minimum atomic E-state index is -0.886. The lowest BCUT2D eigenvalue weighted by molar-refractivity contribution is -0.385. The number of aromatic nitrogens is 1. The van der Waals surface area contributed by atoms with E-state index in [9.17, 15) is 19.7 Å². The van der Waals surface area contributed by atoms with E-state index in [2.05, 4.69) is 4.99 Å². The summed E-state index contributed by atoms with van der Waals surface area (Å²) in [6.45, 7) is 3.44. The molecule has 0 N–H and O–H groups in total. The third-order valence-corrected chi connectivity index (χ3v) is 7.05. The van der Waals surface area contributed by atoms with E-state index in [1.54, 1.807) is 38.1 Å². The summed E-state index contributed by atoms with van der Waals surface area (Å²) in [5, 5.41) is 12.1. The van der Waals surface area contributed by atoms with Crippen molar-refractivity contribution in [1.82, 2.24) is 4.57 Å². The van der Waals surface area contributed by atoms with Crippen molar-refractivity contribution in [2.75, 3.05) is 13.4 Å². The largest absolute Gasteiger partial charge is 0.463 e. The monoisotopic (exact) mass is 527 g/mol. The summed E-state index contributed by atoms with van der Waals surface area (Å²) in [4.78, 5) is 42.6. The lowest BCUT2D eigenvalue weighted by atomic mass is 9.96. The molecule has 10 nitrogen and oxygen atoms in total. The van der Waals surface area contributed by atoms with E-state index in [-0.39, 0.29) is 40.5 Å². The Morgan fingerprint density at radius 1 is 1.33 bits per heavy atom. The van der Waals surface area contributed by atoms with Gasteiger partial charge in [-0.25, -0.2) is 9.79 Å². The molecule has 0 unspecified atom stereocenters. The topological polar surface area (TPSA) is 122 Å². The molecule has 0 spiro atoms. The van der Waals surface area contributed by atoms with Gasteiger partial charge in [0.2, 0.25) is 6.79 Å². The second kappa shape index (κ2) is 9.25. The highest BCUT2D eigenvalue weighted by Gasteiger charge is 2.34. The van der Waals surface area contributed by atoms with Crippen molar-refractivity contribution in [2.45, 2.75) is 19.9 Å². The minimum absolute atomic E-state index is 0.0497. The average molecular weight is 528 g/mol. The van der Waals surface area contributed by atoms with Crippen molar-refractivity contribution in [3.63, 3.8) is 0 Å². The lowest BCUT2D eigenvalue weighted by Crippen LogP contribution is -2.40. The standard InChI is InChI=1S/C24H18ClN3O7S/c1-3-33-23(30)20-12(2)26-24-27(21(20)14-6-4-5-7-15(14)25)22(29)19(36-24)9-13-8-17-18(35-11-34-17)10-16(13)28(31)32/h4-10,21H,3,11H2,1-2H3/b19-9-/t21-/m1/s1. The Labute approximate surface area is 212 Å². The van der Waals surface area contributed by atoms with Crippen molar-refractivity contribution in [3.05, 3.63) is 93.6 Å². The number of nitrogens with zero attached hydrogens (tertiary/aromatic N) is 3. The molecule has 1 atom stereocenters. The highest BCUT2D eigenvalue weighted by atomic mass is 35.5. The van der Waals surface area contributed by atoms with Crippen LogP contribution in [0.3, 0.4) is 0 Å². The van der Waals surface area contributed by atoms with Crippen LogP contribution in [0, 0.1) is 10.1 Å². The number of allylic oxidation sites excluding steroid dienone is 1. The van der Waals surface area contributed by atoms with Crippen LogP contribution in [-0.4, -0.2) is 28.9 Å². The number of nitro groups is 1. The van der Waals surface area contributed by atoms with E-state index in [0.717, 1.165) is 11.3 Å². The first kappa shape index (κ1) is 23.8. The van der Waals surface area contributed by atoms with Gasteiger partial charge < -0.3 is 14.2 Å². The van der Waals surface area contributed by atoms with Gasteiger partial charge in [-0.2, -0.15) is 0 Å². The number of hydrogen-bond donors (Lipinski definition) is 0. The molecule has 0 fully saturated rings. The first-order chi connectivity index (χ1) is 17.3. The smallest absolute Gasteiger partial charge is 0.338 e. The maximum atomic E-state index is 13.7. The van der Waals surface area contributed by atoms with Crippen LogP contribution < -0.4 is 24.4 Å². The van der Waals surface area contributed by atoms with E-state index in [0.29, 0.717) is 26.8 Å². The van der Waals surface area contributed by atoms with Crippen LogP contribution in [0.2, 0.25) is 5.02 Å². The van der Waals surface area contributed by atoms with Gasteiger partial charge in [0.1, 0.15) is 6.04 Å². The first-order valence-corrected chi connectivity index (χ1v) is 12.0. The lowest BCUT2D eigenvalue weighted by Gasteiger charge is -2.25. The van der Waals surface area contributed by atoms with Crippen LogP contribution in [0.5, 0.6) is 11.5 Å². The predicted octanol–water partition coefficient (Wildman–Crippen LogP) is 3.09. The number of hydrogen-bond acceptors (Lipinski definition) is 9. The molecule has 0 saturated carbocycles. The fraction of sp³-hybridized carbons (Fsp3) is 0.208. The Bertz CT molecular complexity index is 1640. The van der Waals surface area contributed by atoms with E-state index in [1.165, 1.54) is 22.8 Å². The third kappa shape index (κ3) is 3.95. The van der Waals surface area contributed by atoms with Gasteiger partial charge in [0.05, 0.1) is 39.0 Å². The summed E-state index contributed by atoms with van der Waals surface area (Å²) in [6.07, 6.45) is 1.41. The summed E-state index contributed by atoms with van der Waals surface area (Å²) in [5.41, 5.74) is 0.558. The molecule has 2 aliphatic rings. The van der Waals surface area contributed by atoms with Crippen molar-refractivity contribution in [2.24, 2.45) is 4.99 Å². The number of benzene rings is 2. The number of esters is 1. The zero-order valence-electron chi connectivity index (χ0n) is 19.0. The number of carbonyl (C=O) groups is 1. The zero-order valence-corrected chi connectivity index (χ0v) is 20.6. The number of carbonyl (C=O) groups excluding carboxylic acids is 1. The molecule has 0 bridgehead atoms. The SMILES string of the molecule is CCOC(=O)C1=C(C)N=c2s/c(=C\c3cc4c(cc3[N+](=O)[O-])OCO4)c(=O)n2[C@@H]1c1ccccc1Cl. The number of halogens is 1. The van der Waals surface area contributed by atoms with E-state index in [4.69, 9.17) is 25.8 Å². The normalized spacial score (nSPS) is 16.5. The molecule has 0 aliphatic carbocycles. The molecular weight excluding hydrogens is 510 g/mol. The molecule has 0 amide bonds. The van der Waals surface area contributed by atoms with Gasteiger partial charge in [-0.15, -0.1) is 0 Å². The molecule has 1 aromatic heterocycles. The molecule has 184 valence electrons. The van der Waals surface area contributed by atoms with Crippen LogP contribution >= 0.6 is 22.9 Å². The van der Waals surface area contributed by atoms with Crippen molar-refractivity contribution < 1.29 is 23.9 Å². The highest BCUT2D eigenvalue weighted by Crippen LogP contribution is 2.38. The predicted molar refractivity (Wildman–Crippen MR) is 131 cm³/mol. The summed E-state index contributed by atoms with van der Waals surface area (Å²) in [5.74, 6) is -0.00731. The van der Waals surface area contributed by atoms with Gasteiger partial charge in [-0.1, -0.05) is 41.1 Å². The van der Waals surface area contributed by atoms with Crippen LogP contribution in [-0.2, 0) is 9.53 Å². The Morgan fingerprint density at radius 2 is 2.06 bits per heavy atom. The molecule has 2 aromatic carbocycles. The fourth-order valence-electron chi connectivity index (χ4n) is 4.14. The number of fused-ring (bicyclic) bond motifs is 2. The molecule has 3 heterocycles. The molecular formula is C24H18ClN3O7S. The maximum absolute atomic E-state index is 13.7. The van der Waals surface area contributed by atoms with Crippen LogP contribution in [0.15, 0.2) is 57.5 Å². The second-order valence-electron chi connectivity index (χ2n) is 7.85. The maximum Gasteiger partial charge on any atom is 0.338 e. The Balaban J connectivity index is 1.75. The molecule has 12 heteroatoms. The number of nitro benzene ring substituents is 1. The Hall–Kier alpha value is -3.96. The van der Waals surface area contributed by atoms with E-state index < -0.39 is 22.5 Å². The van der Waals surface area contributed by atoms with Gasteiger partial charge in [0.25, 0.3) is 11.2 Å². The molecule has 3 aromatic rings. The summed E-state index contributed by atoms with van der Waals surface area (Å²) < 4.78 is 17.4. The zero-order chi connectivity index (χ0) is 25.6. The van der Waals surface area contributed by atoms with Crippen LogP contribution in [0.4, 0.5) is 5.69 Å². The number of thiazole rings is 1. The van der Waals surface area contributed by atoms with Crippen molar-refractivity contribution >= 4 is 40.7 Å². The average Bonchev–Trinajstić information content (AvgIpc) is 3.42. The van der Waals surface area contributed by atoms with Crippen LogP contribution in [0.1, 0.15) is 31.0 Å². The Kier molecular flexibility index (Phi) is 6.10. The third-order valence-electron chi connectivity index (χ3n) is 5.72. The number of rotatable bonds is 5. The van der Waals surface area contributed by atoms with Gasteiger partial charge in [0.15, 0.2) is 16.3 Å². The Morgan fingerprint density at radius 3 is 2.75 bits per heavy atom. The van der Waals surface area contributed by atoms with E-state index >= 15 is 0 Å². The first-order valence-electron chi connectivity index (χ1n) is 10.8. The molecule has 0 saturated heterocycles. The van der Waals surface area contributed by atoms with Gasteiger partial charge in [-0.3, -0.25) is 19.5 Å². The van der Waals surface area contributed by atoms with E-state index in [1.807, 2.05) is 0 Å². The highest BCUT2D eigenvalue weighted by molar-refractivity contribution is 7.07. The van der Waals surface area contributed by atoms with Crippen molar-refractivity contribution in [1.29, 1.82) is 0 Å². The quantitative estimate of drug-likeness (QED) is 0.284. The molecule has 36 heavy (non-hydrogen) atoms. The van der Waals surface area contributed by atoms with Gasteiger partial charge >= 0.3 is 5.97 Å². The molecule has 0 radical (unpaired) electrons. The summed E-state index contributed by atoms with van der Waals surface area (Å²) in [7, 11) is 0. The van der Waals surface area contributed by atoms with Gasteiger partial charge in [-0.05, 0) is 37.6 Å². The summed E-state index contributed by atoms with van der Waals surface area (Å²) >= 11 is 7.54. The summed E-state index contributed by atoms with van der Waals surface area (Å²) in [6, 6.07) is 8.73. The molecule has 2 aliphatic heterocycles. The fourth-order valence-corrected chi connectivity index (χ4v) is 5.42. The molecule has 5 rings (SSSR count).